The minimum Gasteiger partial charge on any atom is -0.388 e. The molecule has 0 aromatic rings. The molecular formula is C11H22O5S. The van der Waals surface area contributed by atoms with Crippen molar-refractivity contribution in [3.05, 3.63) is 0 Å². The molecule has 5 atom stereocenters. The first kappa shape index (κ1) is 15.2. The first-order valence-corrected chi connectivity index (χ1v) is 6.63. The van der Waals surface area contributed by atoms with E-state index >= 15 is 0 Å². The van der Waals surface area contributed by atoms with Crippen molar-refractivity contribution in [2.24, 2.45) is 0 Å². The smallest absolute Gasteiger partial charge is 0.186 e. The van der Waals surface area contributed by atoms with E-state index in [1.165, 1.54) is 0 Å². The molecule has 0 aromatic heterocycles. The zero-order valence-corrected chi connectivity index (χ0v) is 10.9. The minimum atomic E-state index is -1.22. The molecule has 1 fully saturated rings. The van der Waals surface area contributed by atoms with E-state index in [-0.39, 0.29) is 0 Å². The Morgan fingerprint density at radius 1 is 1.06 bits per heavy atom. The van der Waals surface area contributed by atoms with Gasteiger partial charge in [0.05, 0.1) is 6.10 Å². The van der Waals surface area contributed by atoms with Gasteiger partial charge in [0, 0.05) is 6.61 Å². The van der Waals surface area contributed by atoms with Crippen LogP contribution in [0.25, 0.3) is 0 Å². The summed E-state index contributed by atoms with van der Waals surface area (Å²) >= 11 is 4.11. The Kier molecular flexibility index (Phi) is 6.76. The first-order chi connectivity index (χ1) is 8.07. The Bertz CT molecular complexity index is 216. The van der Waals surface area contributed by atoms with Gasteiger partial charge in [-0.05, 0) is 25.5 Å². The van der Waals surface area contributed by atoms with E-state index in [1.54, 1.807) is 6.92 Å². The molecule has 5 nitrogen and oxygen atoms in total. The van der Waals surface area contributed by atoms with Gasteiger partial charge in [0.25, 0.3) is 0 Å². The van der Waals surface area contributed by atoms with Gasteiger partial charge in [-0.1, -0.05) is 6.42 Å². The third-order valence-electron chi connectivity index (χ3n) is 2.89. The van der Waals surface area contributed by atoms with E-state index in [9.17, 15) is 15.3 Å². The average Bonchev–Trinajstić information content (AvgIpc) is 2.32. The van der Waals surface area contributed by atoms with Gasteiger partial charge in [-0.2, -0.15) is 12.6 Å². The van der Waals surface area contributed by atoms with Crippen molar-refractivity contribution in [1.29, 1.82) is 0 Å². The standard InChI is InChI=1S/C11H22O5S/c1-7-8(12)9(13)10(14)11(16-7)15-5-3-2-4-6-17/h7-14,17H,2-6H2,1H3/t7?,8-,9?,10+,11-/m1/s1. The molecule has 2 unspecified atom stereocenters. The van der Waals surface area contributed by atoms with Crippen LogP contribution in [-0.4, -0.2) is 58.4 Å². The van der Waals surface area contributed by atoms with E-state index in [0.29, 0.717) is 6.61 Å². The van der Waals surface area contributed by atoms with Crippen LogP contribution < -0.4 is 0 Å². The summed E-state index contributed by atoms with van der Waals surface area (Å²) in [6, 6.07) is 0. The lowest BCUT2D eigenvalue weighted by Gasteiger charge is -2.38. The number of thiol groups is 1. The zero-order chi connectivity index (χ0) is 12.8. The van der Waals surface area contributed by atoms with Gasteiger partial charge in [0.2, 0.25) is 0 Å². The third-order valence-corrected chi connectivity index (χ3v) is 3.21. The van der Waals surface area contributed by atoms with E-state index in [4.69, 9.17) is 9.47 Å². The van der Waals surface area contributed by atoms with Crippen molar-refractivity contribution in [2.75, 3.05) is 12.4 Å². The fourth-order valence-corrected chi connectivity index (χ4v) is 1.96. The molecule has 1 saturated heterocycles. The average molecular weight is 266 g/mol. The number of aliphatic hydroxyl groups excluding tert-OH is 3. The summed E-state index contributed by atoms with van der Waals surface area (Å²) in [5.41, 5.74) is 0. The normalized spacial score (nSPS) is 38.3. The highest BCUT2D eigenvalue weighted by Gasteiger charge is 2.42. The number of hydrogen-bond donors (Lipinski definition) is 4. The number of rotatable bonds is 6. The molecule has 17 heavy (non-hydrogen) atoms. The molecule has 1 aliphatic heterocycles. The lowest BCUT2D eigenvalue weighted by Crippen LogP contribution is -2.57. The minimum absolute atomic E-state index is 0.463. The van der Waals surface area contributed by atoms with Crippen molar-refractivity contribution >= 4 is 12.6 Å². The lowest BCUT2D eigenvalue weighted by atomic mass is 10.0. The molecule has 0 saturated carbocycles. The Morgan fingerprint density at radius 2 is 1.76 bits per heavy atom. The van der Waals surface area contributed by atoms with E-state index in [1.807, 2.05) is 0 Å². The topological polar surface area (TPSA) is 79.2 Å². The van der Waals surface area contributed by atoms with Crippen LogP contribution in [0.5, 0.6) is 0 Å². The van der Waals surface area contributed by atoms with Crippen molar-refractivity contribution in [2.45, 2.75) is 56.9 Å². The van der Waals surface area contributed by atoms with Gasteiger partial charge < -0.3 is 24.8 Å². The lowest BCUT2D eigenvalue weighted by molar-refractivity contribution is -0.293. The second-order valence-corrected chi connectivity index (χ2v) is 4.78. The largest absolute Gasteiger partial charge is 0.388 e. The van der Waals surface area contributed by atoms with Gasteiger partial charge >= 0.3 is 0 Å². The summed E-state index contributed by atoms with van der Waals surface area (Å²) in [4.78, 5) is 0. The molecule has 0 radical (unpaired) electrons. The van der Waals surface area contributed by atoms with Gasteiger partial charge in [0.15, 0.2) is 6.29 Å². The summed E-state index contributed by atoms with van der Waals surface area (Å²) in [6.45, 7) is 2.10. The molecule has 0 aliphatic carbocycles. The van der Waals surface area contributed by atoms with Crippen LogP contribution in [0.4, 0.5) is 0 Å². The maximum Gasteiger partial charge on any atom is 0.186 e. The zero-order valence-electron chi connectivity index (χ0n) is 10.0. The third kappa shape index (κ3) is 4.39. The van der Waals surface area contributed by atoms with Crippen molar-refractivity contribution in [3.8, 4) is 0 Å². The fourth-order valence-electron chi connectivity index (χ4n) is 1.74. The predicted molar refractivity (Wildman–Crippen MR) is 66.0 cm³/mol. The predicted octanol–water partition coefficient (Wildman–Crippen LogP) is -0.0694. The van der Waals surface area contributed by atoms with Crippen LogP contribution in [-0.2, 0) is 9.47 Å². The quantitative estimate of drug-likeness (QED) is 0.400. The first-order valence-electron chi connectivity index (χ1n) is 6.00. The number of hydrogen-bond acceptors (Lipinski definition) is 6. The summed E-state index contributed by atoms with van der Waals surface area (Å²) < 4.78 is 10.7. The van der Waals surface area contributed by atoms with Crippen molar-refractivity contribution in [3.63, 3.8) is 0 Å². The highest BCUT2D eigenvalue weighted by Crippen LogP contribution is 2.21. The molecule has 6 heteroatoms. The van der Waals surface area contributed by atoms with Crippen LogP contribution in [0.1, 0.15) is 26.2 Å². The van der Waals surface area contributed by atoms with Crippen LogP contribution >= 0.6 is 12.6 Å². The molecule has 3 N–H and O–H groups in total. The molecule has 0 aromatic carbocycles. The molecule has 0 bridgehead atoms. The second kappa shape index (κ2) is 7.56. The summed E-state index contributed by atoms with van der Waals surface area (Å²) in [5, 5.41) is 28.7. The second-order valence-electron chi connectivity index (χ2n) is 4.34. The van der Waals surface area contributed by atoms with Gasteiger partial charge in [-0.25, -0.2) is 0 Å². The molecule has 102 valence electrons. The molecular weight excluding hydrogens is 244 g/mol. The Labute approximate surface area is 107 Å². The van der Waals surface area contributed by atoms with Crippen molar-refractivity contribution < 1.29 is 24.8 Å². The molecule has 0 amide bonds. The molecule has 1 aliphatic rings. The van der Waals surface area contributed by atoms with Crippen molar-refractivity contribution in [1.82, 2.24) is 0 Å². The summed E-state index contributed by atoms with van der Waals surface area (Å²) in [5.74, 6) is 0.852. The monoisotopic (exact) mass is 266 g/mol. The Morgan fingerprint density at radius 3 is 2.41 bits per heavy atom. The fraction of sp³-hybridized carbons (Fsp3) is 1.00. The van der Waals surface area contributed by atoms with Crippen LogP contribution in [0.2, 0.25) is 0 Å². The highest BCUT2D eigenvalue weighted by atomic mass is 32.1. The number of aliphatic hydroxyl groups is 3. The Balaban J connectivity index is 2.28. The van der Waals surface area contributed by atoms with Crippen LogP contribution in [0.3, 0.4) is 0 Å². The maximum atomic E-state index is 9.66. The molecule has 1 rings (SSSR count). The van der Waals surface area contributed by atoms with Gasteiger partial charge in [-0.3, -0.25) is 0 Å². The summed E-state index contributed by atoms with van der Waals surface area (Å²) in [6.07, 6.45) is -2.01. The SMILES string of the molecule is CC1O[C@@H](OCCCCCS)[C@@H](O)C(O)[C@@H]1O. The maximum absolute atomic E-state index is 9.66. The van der Waals surface area contributed by atoms with Gasteiger partial charge in [-0.15, -0.1) is 0 Å². The van der Waals surface area contributed by atoms with E-state index in [0.717, 1.165) is 25.0 Å². The number of ether oxygens (including phenoxy) is 2. The highest BCUT2D eigenvalue weighted by molar-refractivity contribution is 7.80. The Hall–Kier alpha value is 0.150. The van der Waals surface area contributed by atoms with Crippen LogP contribution in [0.15, 0.2) is 0 Å². The van der Waals surface area contributed by atoms with Crippen LogP contribution in [0, 0.1) is 0 Å². The summed E-state index contributed by atoms with van der Waals surface area (Å²) in [7, 11) is 0. The van der Waals surface area contributed by atoms with Gasteiger partial charge in [0.1, 0.15) is 18.3 Å². The van der Waals surface area contributed by atoms with E-state index in [2.05, 4.69) is 12.6 Å². The molecule has 0 spiro atoms. The van der Waals surface area contributed by atoms with E-state index < -0.39 is 30.7 Å². The number of unbranched alkanes of at least 4 members (excludes halogenated alkanes) is 2. The molecule has 1 heterocycles.